The van der Waals surface area contributed by atoms with E-state index in [9.17, 15) is 0 Å². The summed E-state index contributed by atoms with van der Waals surface area (Å²) in [7, 11) is 0. The second-order valence-corrected chi connectivity index (χ2v) is 5.08. The molecule has 0 amide bonds. The van der Waals surface area contributed by atoms with Crippen LogP contribution in [0.5, 0.6) is 0 Å². The van der Waals surface area contributed by atoms with E-state index in [0.29, 0.717) is 5.92 Å². The van der Waals surface area contributed by atoms with Crippen LogP contribution in [0.25, 0.3) is 10.8 Å². The van der Waals surface area contributed by atoms with Crippen LogP contribution >= 0.6 is 0 Å². The molecule has 2 aromatic rings. The molecule has 1 saturated heterocycles. The summed E-state index contributed by atoms with van der Waals surface area (Å²) in [6.45, 7) is 1.71. The van der Waals surface area contributed by atoms with Gasteiger partial charge in [0.15, 0.2) is 0 Å². The fraction of sp³-hybridized carbons (Fsp3) is 0.375. The van der Waals surface area contributed by atoms with Crippen LogP contribution in [0, 0.1) is 5.92 Å². The van der Waals surface area contributed by atoms with Gasteiger partial charge in [0.1, 0.15) is 0 Å². The predicted molar refractivity (Wildman–Crippen MR) is 74.4 cm³/mol. The molecular formula is C16H19NO. The van der Waals surface area contributed by atoms with Gasteiger partial charge >= 0.3 is 0 Å². The highest BCUT2D eigenvalue weighted by atomic mass is 16.5. The van der Waals surface area contributed by atoms with Gasteiger partial charge in [-0.15, -0.1) is 0 Å². The van der Waals surface area contributed by atoms with Crippen LogP contribution in [0.3, 0.4) is 0 Å². The molecule has 0 bridgehead atoms. The first-order valence-electron chi connectivity index (χ1n) is 6.66. The monoisotopic (exact) mass is 241 g/mol. The Bertz CT molecular complexity index is 531. The molecule has 1 fully saturated rings. The Morgan fingerprint density at radius 2 is 1.72 bits per heavy atom. The van der Waals surface area contributed by atoms with Crippen molar-refractivity contribution in [3.63, 3.8) is 0 Å². The first-order valence-corrected chi connectivity index (χ1v) is 6.66. The molecule has 1 aliphatic rings. The molecule has 0 aromatic heterocycles. The minimum Gasteiger partial charge on any atom is -0.381 e. The van der Waals surface area contributed by atoms with Crippen LogP contribution < -0.4 is 5.73 Å². The Balaban J connectivity index is 1.88. The van der Waals surface area contributed by atoms with Crippen LogP contribution in [0.15, 0.2) is 42.5 Å². The normalized spacial score (nSPS) is 18.9. The summed E-state index contributed by atoms with van der Waals surface area (Å²) in [6.07, 6.45) is 2.15. The topological polar surface area (TPSA) is 35.2 Å². The summed E-state index contributed by atoms with van der Waals surface area (Å²) in [5, 5.41) is 2.55. The highest BCUT2D eigenvalue weighted by molar-refractivity contribution is 5.83. The van der Waals surface area contributed by atoms with Gasteiger partial charge in [0.2, 0.25) is 0 Å². The largest absolute Gasteiger partial charge is 0.381 e. The third kappa shape index (κ3) is 2.26. The molecule has 0 aliphatic carbocycles. The lowest BCUT2D eigenvalue weighted by Crippen LogP contribution is -2.27. The zero-order valence-corrected chi connectivity index (χ0v) is 10.5. The van der Waals surface area contributed by atoms with E-state index in [2.05, 4.69) is 42.5 Å². The van der Waals surface area contributed by atoms with Crippen molar-refractivity contribution < 1.29 is 4.74 Å². The van der Waals surface area contributed by atoms with Crippen molar-refractivity contribution in [2.24, 2.45) is 11.7 Å². The second kappa shape index (κ2) is 5.09. The standard InChI is InChI=1S/C16H19NO/c17-16(13-7-9-18-10-8-13)15-6-5-12-3-1-2-4-14(12)11-15/h1-6,11,13,16H,7-10,17H2/t16-/m1/s1. The summed E-state index contributed by atoms with van der Waals surface area (Å²) < 4.78 is 5.40. The number of fused-ring (bicyclic) bond motifs is 1. The minimum absolute atomic E-state index is 0.138. The van der Waals surface area contributed by atoms with E-state index in [-0.39, 0.29) is 6.04 Å². The minimum atomic E-state index is 0.138. The summed E-state index contributed by atoms with van der Waals surface area (Å²) in [6, 6.07) is 15.1. The molecule has 0 radical (unpaired) electrons. The lowest BCUT2D eigenvalue weighted by atomic mass is 9.87. The number of rotatable bonds is 2. The number of ether oxygens (including phenoxy) is 1. The van der Waals surface area contributed by atoms with Crippen LogP contribution in [-0.2, 0) is 4.74 Å². The maximum absolute atomic E-state index is 6.41. The SMILES string of the molecule is N[C@@H](c1ccc2ccccc2c1)C1CCOCC1. The van der Waals surface area contributed by atoms with Gasteiger partial charge in [-0.25, -0.2) is 0 Å². The Morgan fingerprint density at radius 1 is 1.00 bits per heavy atom. The van der Waals surface area contributed by atoms with Crippen molar-refractivity contribution in [1.29, 1.82) is 0 Å². The maximum Gasteiger partial charge on any atom is 0.0469 e. The zero-order valence-electron chi connectivity index (χ0n) is 10.5. The summed E-state index contributed by atoms with van der Waals surface area (Å²) in [5.74, 6) is 0.555. The lowest BCUT2D eigenvalue weighted by Gasteiger charge is -2.28. The molecule has 1 aliphatic heterocycles. The lowest BCUT2D eigenvalue weighted by molar-refractivity contribution is 0.0584. The van der Waals surface area contributed by atoms with E-state index >= 15 is 0 Å². The van der Waals surface area contributed by atoms with Crippen molar-refractivity contribution in [1.82, 2.24) is 0 Å². The molecule has 2 aromatic carbocycles. The predicted octanol–water partition coefficient (Wildman–Crippen LogP) is 3.27. The molecule has 2 N–H and O–H groups in total. The van der Waals surface area contributed by atoms with Crippen LogP contribution in [0.1, 0.15) is 24.4 Å². The van der Waals surface area contributed by atoms with Gasteiger partial charge in [-0.3, -0.25) is 0 Å². The highest BCUT2D eigenvalue weighted by Crippen LogP contribution is 2.29. The van der Waals surface area contributed by atoms with Gasteiger partial charge in [0.25, 0.3) is 0 Å². The highest BCUT2D eigenvalue weighted by Gasteiger charge is 2.22. The molecular weight excluding hydrogens is 222 g/mol. The molecule has 0 saturated carbocycles. The molecule has 18 heavy (non-hydrogen) atoms. The van der Waals surface area contributed by atoms with Crippen molar-refractivity contribution in [3.8, 4) is 0 Å². The van der Waals surface area contributed by atoms with E-state index in [1.54, 1.807) is 0 Å². The molecule has 3 rings (SSSR count). The summed E-state index contributed by atoms with van der Waals surface area (Å²) >= 11 is 0. The Morgan fingerprint density at radius 3 is 2.50 bits per heavy atom. The van der Waals surface area contributed by atoms with E-state index in [4.69, 9.17) is 10.5 Å². The average molecular weight is 241 g/mol. The van der Waals surface area contributed by atoms with Crippen molar-refractivity contribution in [3.05, 3.63) is 48.0 Å². The van der Waals surface area contributed by atoms with Gasteiger partial charge in [-0.2, -0.15) is 0 Å². The van der Waals surface area contributed by atoms with E-state index in [1.165, 1.54) is 16.3 Å². The van der Waals surface area contributed by atoms with Gasteiger partial charge in [-0.1, -0.05) is 36.4 Å². The number of hydrogen-bond acceptors (Lipinski definition) is 2. The molecule has 2 nitrogen and oxygen atoms in total. The summed E-state index contributed by atoms with van der Waals surface area (Å²) in [5.41, 5.74) is 7.66. The average Bonchev–Trinajstić information content (AvgIpc) is 2.47. The smallest absolute Gasteiger partial charge is 0.0469 e. The molecule has 0 spiro atoms. The Labute approximate surface area is 108 Å². The van der Waals surface area contributed by atoms with Crippen LogP contribution in [0.4, 0.5) is 0 Å². The molecule has 0 unspecified atom stereocenters. The van der Waals surface area contributed by atoms with Gasteiger partial charge < -0.3 is 10.5 Å². The third-order valence-electron chi connectivity index (χ3n) is 3.93. The number of hydrogen-bond donors (Lipinski definition) is 1. The first kappa shape index (κ1) is 11.7. The van der Waals surface area contributed by atoms with Crippen LogP contribution in [-0.4, -0.2) is 13.2 Å². The molecule has 2 heteroatoms. The maximum atomic E-state index is 6.41. The van der Waals surface area contributed by atoms with Crippen LogP contribution in [0.2, 0.25) is 0 Å². The quantitative estimate of drug-likeness (QED) is 0.875. The van der Waals surface area contributed by atoms with Crippen molar-refractivity contribution >= 4 is 10.8 Å². The second-order valence-electron chi connectivity index (χ2n) is 5.08. The van der Waals surface area contributed by atoms with E-state index in [1.807, 2.05) is 0 Å². The third-order valence-corrected chi connectivity index (χ3v) is 3.93. The number of nitrogens with two attached hydrogens (primary N) is 1. The fourth-order valence-corrected chi connectivity index (χ4v) is 2.76. The Kier molecular flexibility index (Phi) is 3.31. The zero-order chi connectivity index (χ0) is 12.4. The van der Waals surface area contributed by atoms with Gasteiger partial charge in [0.05, 0.1) is 0 Å². The van der Waals surface area contributed by atoms with Crippen molar-refractivity contribution in [2.45, 2.75) is 18.9 Å². The first-order chi connectivity index (χ1) is 8.84. The Hall–Kier alpha value is -1.38. The van der Waals surface area contributed by atoms with Gasteiger partial charge in [-0.05, 0) is 41.2 Å². The molecule has 1 heterocycles. The summed E-state index contributed by atoms with van der Waals surface area (Å²) in [4.78, 5) is 0. The van der Waals surface area contributed by atoms with E-state index < -0.39 is 0 Å². The fourth-order valence-electron chi connectivity index (χ4n) is 2.76. The molecule has 1 atom stereocenters. The van der Waals surface area contributed by atoms with Gasteiger partial charge in [0, 0.05) is 19.3 Å². The number of benzene rings is 2. The van der Waals surface area contributed by atoms with Crippen molar-refractivity contribution in [2.75, 3.05) is 13.2 Å². The van der Waals surface area contributed by atoms with E-state index in [0.717, 1.165) is 26.1 Å². The molecule has 94 valence electrons.